The first-order chi connectivity index (χ1) is 11.6. The van der Waals surface area contributed by atoms with Crippen LogP contribution in [0.1, 0.15) is 22.4 Å². The molecule has 0 saturated heterocycles. The molecule has 0 amide bonds. The Labute approximate surface area is 146 Å². The number of rotatable bonds is 6. The molecule has 0 aliphatic rings. The van der Waals surface area contributed by atoms with Crippen LogP contribution in [0.2, 0.25) is 5.15 Å². The SMILES string of the molecule is Cc1nn(Cc2ccc(F)cc2)c(Cl)c1CNCc1ccccc1. The molecule has 0 saturated carbocycles. The fourth-order valence-electron chi connectivity index (χ4n) is 2.59. The summed E-state index contributed by atoms with van der Waals surface area (Å²) in [6.07, 6.45) is 0. The Kier molecular flexibility index (Phi) is 5.28. The zero-order valence-electron chi connectivity index (χ0n) is 13.5. The van der Waals surface area contributed by atoms with Crippen molar-refractivity contribution in [3.63, 3.8) is 0 Å². The first-order valence-electron chi connectivity index (χ1n) is 7.84. The minimum Gasteiger partial charge on any atom is -0.308 e. The lowest BCUT2D eigenvalue weighted by Crippen LogP contribution is -2.13. The van der Waals surface area contributed by atoms with Crippen molar-refractivity contribution in [2.24, 2.45) is 0 Å². The van der Waals surface area contributed by atoms with E-state index in [9.17, 15) is 4.39 Å². The van der Waals surface area contributed by atoms with Crippen LogP contribution in [0.15, 0.2) is 54.6 Å². The molecule has 2 aromatic carbocycles. The Hall–Kier alpha value is -2.17. The Morgan fingerprint density at radius 1 is 1.00 bits per heavy atom. The lowest BCUT2D eigenvalue weighted by atomic mass is 10.2. The number of benzene rings is 2. The smallest absolute Gasteiger partial charge is 0.132 e. The quantitative estimate of drug-likeness (QED) is 0.722. The number of nitrogens with one attached hydrogen (secondary N) is 1. The number of nitrogens with zero attached hydrogens (tertiary/aromatic N) is 2. The zero-order valence-corrected chi connectivity index (χ0v) is 14.2. The molecule has 0 aliphatic carbocycles. The van der Waals surface area contributed by atoms with E-state index in [1.54, 1.807) is 16.8 Å². The van der Waals surface area contributed by atoms with Gasteiger partial charge in [-0.2, -0.15) is 5.10 Å². The van der Waals surface area contributed by atoms with Crippen LogP contribution in [0.4, 0.5) is 4.39 Å². The maximum absolute atomic E-state index is 13.0. The van der Waals surface area contributed by atoms with E-state index in [0.29, 0.717) is 18.2 Å². The molecule has 124 valence electrons. The number of hydrogen-bond acceptors (Lipinski definition) is 2. The van der Waals surface area contributed by atoms with Crippen LogP contribution in [0.25, 0.3) is 0 Å². The standard InChI is InChI=1S/C19H19ClFN3/c1-14-18(12-22-11-15-5-3-2-4-6-15)19(20)24(23-14)13-16-7-9-17(21)10-8-16/h2-10,22H,11-13H2,1H3. The van der Waals surface area contributed by atoms with E-state index in [-0.39, 0.29) is 5.82 Å². The maximum atomic E-state index is 13.0. The third-order valence-corrected chi connectivity index (χ3v) is 4.33. The van der Waals surface area contributed by atoms with Crippen LogP contribution in [-0.2, 0) is 19.6 Å². The van der Waals surface area contributed by atoms with Gasteiger partial charge in [0.25, 0.3) is 0 Å². The third kappa shape index (κ3) is 4.02. The number of halogens is 2. The average molecular weight is 344 g/mol. The van der Waals surface area contributed by atoms with Crippen LogP contribution in [0, 0.1) is 12.7 Å². The van der Waals surface area contributed by atoms with Crippen LogP contribution >= 0.6 is 11.6 Å². The normalized spacial score (nSPS) is 11.0. The van der Waals surface area contributed by atoms with Gasteiger partial charge in [-0.05, 0) is 30.2 Å². The topological polar surface area (TPSA) is 29.9 Å². The summed E-state index contributed by atoms with van der Waals surface area (Å²) < 4.78 is 14.7. The zero-order chi connectivity index (χ0) is 16.9. The summed E-state index contributed by atoms with van der Waals surface area (Å²) in [6.45, 7) is 3.91. The lowest BCUT2D eigenvalue weighted by Gasteiger charge is -2.06. The first-order valence-corrected chi connectivity index (χ1v) is 8.22. The molecule has 3 rings (SSSR count). The van der Waals surface area contributed by atoms with Gasteiger partial charge < -0.3 is 5.32 Å². The number of aromatic nitrogens is 2. The first kappa shape index (κ1) is 16.7. The van der Waals surface area contributed by atoms with Crippen molar-refractivity contribution < 1.29 is 4.39 Å². The average Bonchev–Trinajstić information content (AvgIpc) is 2.85. The molecule has 0 fully saturated rings. The van der Waals surface area contributed by atoms with Gasteiger partial charge >= 0.3 is 0 Å². The molecule has 0 aliphatic heterocycles. The van der Waals surface area contributed by atoms with Crippen LogP contribution in [-0.4, -0.2) is 9.78 Å². The Morgan fingerprint density at radius 3 is 2.42 bits per heavy atom. The van der Waals surface area contributed by atoms with Gasteiger partial charge in [-0.1, -0.05) is 54.1 Å². The molecule has 0 bridgehead atoms. The third-order valence-electron chi connectivity index (χ3n) is 3.90. The predicted molar refractivity (Wildman–Crippen MR) is 94.5 cm³/mol. The van der Waals surface area contributed by atoms with Crippen molar-refractivity contribution in [1.82, 2.24) is 15.1 Å². The predicted octanol–water partition coefficient (Wildman–Crippen LogP) is 4.32. The summed E-state index contributed by atoms with van der Waals surface area (Å²) in [6, 6.07) is 16.6. The van der Waals surface area contributed by atoms with E-state index in [1.165, 1.54) is 17.7 Å². The van der Waals surface area contributed by atoms with E-state index >= 15 is 0 Å². The second-order valence-electron chi connectivity index (χ2n) is 5.73. The minimum absolute atomic E-state index is 0.243. The van der Waals surface area contributed by atoms with E-state index in [0.717, 1.165) is 23.4 Å². The summed E-state index contributed by atoms with van der Waals surface area (Å²) in [5.41, 5.74) is 4.09. The molecule has 1 aromatic heterocycles. The van der Waals surface area contributed by atoms with Gasteiger partial charge in [0.2, 0.25) is 0 Å². The molecule has 0 atom stereocenters. The van der Waals surface area contributed by atoms with E-state index in [4.69, 9.17) is 11.6 Å². The molecule has 0 radical (unpaired) electrons. The highest BCUT2D eigenvalue weighted by molar-refractivity contribution is 6.30. The fourth-order valence-corrected chi connectivity index (χ4v) is 2.89. The monoisotopic (exact) mass is 343 g/mol. The van der Waals surface area contributed by atoms with Crippen LogP contribution in [0.3, 0.4) is 0 Å². The van der Waals surface area contributed by atoms with Gasteiger partial charge in [-0.15, -0.1) is 0 Å². The second kappa shape index (κ2) is 7.60. The molecule has 0 spiro atoms. The Balaban J connectivity index is 1.66. The molecule has 3 nitrogen and oxygen atoms in total. The van der Waals surface area contributed by atoms with E-state index in [1.807, 2.05) is 25.1 Å². The van der Waals surface area contributed by atoms with Crippen molar-refractivity contribution in [3.05, 3.63) is 88.0 Å². The van der Waals surface area contributed by atoms with Crippen molar-refractivity contribution >= 4 is 11.6 Å². The molecule has 5 heteroatoms. The van der Waals surface area contributed by atoms with Crippen molar-refractivity contribution in [1.29, 1.82) is 0 Å². The van der Waals surface area contributed by atoms with Crippen molar-refractivity contribution in [3.8, 4) is 0 Å². The van der Waals surface area contributed by atoms with Gasteiger partial charge in [-0.3, -0.25) is 0 Å². The largest absolute Gasteiger partial charge is 0.308 e. The summed E-state index contributed by atoms with van der Waals surface area (Å²) in [5.74, 6) is -0.243. The molecular weight excluding hydrogens is 325 g/mol. The Bertz CT molecular complexity index is 797. The number of hydrogen-bond donors (Lipinski definition) is 1. The molecular formula is C19H19ClFN3. The highest BCUT2D eigenvalue weighted by Crippen LogP contribution is 2.21. The minimum atomic E-state index is -0.243. The maximum Gasteiger partial charge on any atom is 0.132 e. The van der Waals surface area contributed by atoms with Crippen LogP contribution < -0.4 is 5.32 Å². The summed E-state index contributed by atoms with van der Waals surface area (Å²) in [5, 5.41) is 8.52. The highest BCUT2D eigenvalue weighted by atomic mass is 35.5. The van der Waals surface area contributed by atoms with Gasteiger partial charge in [0.15, 0.2) is 0 Å². The van der Waals surface area contributed by atoms with Gasteiger partial charge in [-0.25, -0.2) is 9.07 Å². The fraction of sp³-hybridized carbons (Fsp3) is 0.211. The van der Waals surface area contributed by atoms with Gasteiger partial charge in [0.1, 0.15) is 11.0 Å². The van der Waals surface area contributed by atoms with Gasteiger partial charge in [0, 0.05) is 18.7 Å². The second-order valence-corrected chi connectivity index (χ2v) is 6.09. The Morgan fingerprint density at radius 2 is 1.71 bits per heavy atom. The van der Waals surface area contributed by atoms with E-state index < -0.39 is 0 Å². The van der Waals surface area contributed by atoms with Crippen molar-refractivity contribution in [2.45, 2.75) is 26.6 Å². The molecule has 1 heterocycles. The van der Waals surface area contributed by atoms with Gasteiger partial charge in [0.05, 0.1) is 12.2 Å². The molecule has 3 aromatic rings. The molecule has 0 unspecified atom stereocenters. The number of aryl methyl sites for hydroxylation is 1. The summed E-state index contributed by atoms with van der Waals surface area (Å²) >= 11 is 6.48. The summed E-state index contributed by atoms with van der Waals surface area (Å²) in [7, 11) is 0. The van der Waals surface area contributed by atoms with E-state index in [2.05, 4.69) is 22.5 Å². The van der Waals surface area contributed by atoms with Crippen molar-refractivity contribution in [2.75, 3.05) is 0 Å². The lowest BCUT2D eigenvalue weighted by molar-refractivity contribution is 0.624. The highest BCUT2D eigenvalue weighted by Gasteiger charge is 2.13. The van der Waals surface area contributed by atoms with Crippen LogP contribution in [0.5, 0.6) is 0 Å². The summed E-state index contributed by atoms with van der Waals surface area (Å²) in [4.78, 5) is 0. The molecule has 1 N–H and O–H groups in total. The molecule has 24 heavy (non-hydrogen) atoms.